The predicted octanol–water partition coefficient (Wildman–Crippen LogP) is 29.2. The van der Waals surface area contributed by atoms with Crippen LogP contribution in [0.4, 0.5) is 57.1 Å². The van der Waals surface area contributed by atoms with Crippen molar-refractivity contribution in [2.24, 2.45) is 0 Å². The van der Waals surface area contributed by atoms with Crippen LogP contribution in [0.3, 0.4) is 0 Å². The molecule has 2 aliphatic rings. The summed E-state index contributed by atoms with van der Waals surface area (Å²) in [6.07, 6.45) is -8.98. The molecule has 0 saturated carbocycles. The summed E-state index contributed by atoms with van der Waals surface area (Å²) in [4.78, 5) is 63.3. The predicted molar refractivity (Wildman–Crippen MR) is 509 cm³/mol. The van der Waals surface area contributed by atoms with Gasteiger partial charge in [0.05, 0.1) is 95.5 Å². The Bertz CT molecular complexity index is 7310. The van der Waals surface area contributed by atoms with Crippen LogP contribution in [0.25, 0.3) is 133 Å². The molecular weight excluding hydrogens is 2000 g/mol. The van der Waals surface area contributed by atoms with Crippen molar-refractivity contribution in [1.82, 2.24) is 79.7 Å². The Kier molecular flexibility index (Phi) is 29.0. The lowest BCUT2D eigenvalue weighted by Gasteiger charge is -2.29. The molecule has 21 aromatic rings. The van der Waals surface area contributed by atoms with Gasteiger partial charge in [0.1, 0.15) is 41.2 Å². The first-order valence-electron chi connectivity index (χ1n) is 40.6. The zero-order valence-corrected chi connectivity index (χ0v) is 76.2. The quantitative estimate of drug-likeness (QED) is 0.0912. The molecule has 0 amide bonds. The normalized spacial score (nSPS) is 11.7. The summed E-state index contributed by atoms with van der Waals surface area (Å²) in [5.41, 5.74) is 12.1. The lowest BCUT2D eigenvalue weighted by Crippen LogP contribution is -2.26. The summed E-state index contributed by atoms with van der Waals surface area (Å²) >= 11 is 29.7. The van der Waals surface area contributed by atoms with E-state index in [1.807, 2.05) is 121 Å². The standard InChI is InChI=1S/C23H12F2N2.C14H9F3N2.C13H6F4N2.C12H6ClFN2.C10H6Br2N2.C10H6Cl2N2.C10H6ClFN2.C10H6F2N2/c24-19-11-9-17-21(26-19)22-18(10-12-20(25)27-22)23(17)15-7-3-1-5-13(15)14-6-2-4-8-16(14)23;1-8-2-3-9-4-5-10-6-7-11(14(15,16)17)19-13(10)12(9)18-8;14-10-6-4-8-2-1-7-3-5-9(13(15,16)17)18-11(7)12(8)19-10;13-9-5-3-7-1-2-8-4-6-10(14)16-12(8)11(7)15-9;4*11-9-5-1-3-7(13-9)8-4-2-6-10(12)14-8/h1-12H;2-7H,1H3;1-6H;1-6H;4*1-6H. The number of hydrogen-bond donors (Lipinski definition) is 0. The summed E-state index contributed by atoms with van der Waals surface area (Å²) in [7, 11) is 0. The number of hydrogen-bond acceptors (Lipinski definition) is 16. The summed E-state index contributed by atoms with van der Waals surface area (Å²) < 4.78 is 170. The molecule has 0 radical (unpaired) electrons. The van der Waals surface area contributed by atoms with E-state index >= 15 is 0 Å². The van der Waals surface area contributed by atoms with Crippen molar-refractivity contribution in [2.75, 3.05) is 0 Å². The summed E-state index contributed by atoms with van der Waals surface area (Å²) in [6, 6.07) is 91.3. The van der Waals surface area contributed by atoms with Gasteiger partial charge in [-0.15, -0.1) is 0 Å². The molecule has 35 heteroatoms. The van der Waals surface area contributed by atoms with Crippen LogP contribution in [-0.2, 0) is 17.8 Å². The number of pyridine rings is 16. The average molecular weight is 2060 g/mol. The molecule has 0 atom stereocenters. The number of nitrogens with zero attached hydrogens (tertiary/aromatic N) is 16. The third-order valence-electron chi connectivity index (χ3n) is 20.7. The van der Waals surface area contributed by atoms with E-state index in [-0.39, 0.29) is 16.6 Å². The topological polar surface area (TPSA) is 206 Å². The van der Waals surface area contributed by atoms with E-state index in [4.69, 9.17) is 46.4 Å². The molecule has 1 spiro atoms. The molecule has 0 unspecified atom stereocenters. The van der Waals surface area contributed by atoms with E-state index in [1.54, 1.807) is 104 Å². The second-order valence-electron chi connectivity index (χ2n) is 29.5. The third kappa shape index (κ3) is 22.3. The first kappa shape index (κ1) is 95.4. The summed E-state index contributed by atoms with van der Waals surface area (Å²) in [5, 5.41) is 5.86. The van der Waals surface area contributed by atoms with Gasteiger partial charge in [0, 0.05) is 38.0 Å². The maximum Gasteiger partial charge on any atom is 0.433 e. The molecule has 137 heavy (non-hydrogen) atoms. The van der Waals surface area contributed by atoms with Gasteiger partial charge in [0.25, 0.3) is 0 Å². The summed E-state index contributed by atoms with van der Waals surface area (Å²) in [6.45, 7) is 1.80. The highest BCUT2D eigenvalue weighted by molar-refractivity contribution is 9.10. The Labute approximate surface area is 805 Å². The fourth-order valence-electron chi connectivity index (χ4n) is 14.8. The minimum Gasteiger partial charge on any atom is -0.251 e. The number of benzene rings is 5. The number of halogens is 19. The fraction of sp³-hybridized carbons (Fsp3) is 0.0392. The highest BCUT2D eigenvalue weighted by Gasteiger charge is 2.53. The van der Waals surface area contributed by atoms with Crippen LogP contribution >= 0.6 is 78.3 Å². The van der Waals surface area contributed by atoms with Gasteiger partial charge in [-0.1, -0.05) is 210 Å². The zero-order chi connectivity index (χ0) is 96.4. The monoisotopic (exact) mass is 2050 g/mol. The van der Waals surface area contributed by atoms with Gasteiger partial charge >= 0.3 is 12.4 Å². The van der Waals surface area contributed by atoms with Crippen molar-refractivity contribution in [3.8, 4) is 68.1 Å². The smallest absolute Gasteiger partial charge is 0.251 e. The molecule has 0 fully saturated rings. The van der Waals surface area contributed by atoms with Crippen LogP contribution in [0, 0.1) is 48.6 Å². The van der Waals surface area contributed by atoms with Crippen LogP contribution in [0.1, 0.15) is 39.3 Å². The van der Waals surface area contributed by atoms with Crippen LogP contribution in [0.2, 0.25) is 20.6 Å². The lowest BCUT2D eigenvalue weighted by molar-refractivity contribution is -0.141. The van der Waals surface area contributed by atoms with Crippen LogP contribution in [-0.4, -0.2) is 79.7 Å². The minimum atomic E-state index is -4.54. The van der Waals surface area contributed by atoms with Gasteiger partial charge in [-0.05, 0) is 236 Å². The van der Waals surface area contributed by atoms with Crippen LogP contribution < -0.4 is 0 Å². The number of alkyl halides is 6. The number of aromatic nitrogens is 16. The van der Waals surface area contributed by atoms with Crippen molar-refractivity contribution in [1.29, 1.82) is 0 Å². The minimum absolute atomic E-state index is 0.0480. The Morgan fingerprint density at radius 3 is 0.832 bits per heavy atom. The molecule has 678 valence electrons. The number of fused-ring (bicyclic) bond motifs is 19. The molecule has 16 heterocycles. The van der Waals surface area contributed by atoms with Crippen molar-refractivity contribution in [3.63, 3.8) is 0 Å². The summed E-state index contributed by atoms with van der Waals surface area (Å²) in [5.74, 6) is -4.18. The molecule has 0 N–H and O–H groups in total. The highest BCUT2D eigenvalue weighted by Crippen LogP contribution is 2.62. The molecular formula is C102H57Br2Cl4F13N16. The third-order valence-corrected chi connectivity index (χ3v) is 22.4. The van der Waals surface area contributed by atoms with Crippen molar-refractivity contribution >= 4 is 144 Å². The van der Waals surface area contributed by atoms with Crippen LogP contribution in [0.15, 0.2) is 337 Å². The molecule has 16 nitrogen and oxygen atoms in total. The molecule has 23 rings (SSSR count). The fourth-order valence-corrected chi connectivity index (χ4v) is 16.2. The van der Waals surface area contributed by atoms with Crippen molar-refractivity contribution in [3.05, 3.63) is 438 Å². The van der Waals surface area contributed by atoms with Gasteiger partial charge in [-0.25, -0.2) is 74.8 Å². The van der Waals surface area contributed by atoms with Crippen molar-refractivity contribution in [2.45, 2.75) is 24.7 Å². The van der Waals surface area contributed by atoms with E-state index in [9.17, 15) is 57.1 Å². The van der Waals surface area contributed by atoms with Crippen LogP contribution in [0.5, 0.6) is 0 Å². The first-order chi connectivity index (χ1) is 65.9. The Balaban J connectivity index is 0.000000115. The highest BCUT2D eigenvalue weighted by atomic mass is 79.9. The largest absolute Gasteiger partial charge is 0.433 e. The number of aryl methyl sites for hydroxylation is 1. The molecule has 0 aliphatic heterocycles. The Hall–Kier alpha value is -14.7. The Morgan fingerprint density at radius 2 is 0.482 bits per heavy atom. The van der Waals surface area contributed by atoms with E-state index < -0.39 is 70.8 Å². The molecule has 16 aromatic heterocycles. The molecule has 5 aromatic carbocycles. The second-order valence-corrected chi connectivity index (χ2v) is 32.7. The van der Waals surface area contributed by atoms with Gasteiger partial charge in [0.2, 0.25) is 41.6 Å². The zero-order valence-electron chi connectivity index (χ0n) is 70.0. The SMILES string of the molecule is Brc1cccc(-c2cccc(Br)n2)n1.Cc1ccc2ccc3ccc(C(F)(F)F)nc3c2n1.Clc1cccc(-c2cccc(Cl)n2)n1.Fc1ccc2c(n1)-c1nc(F)ccc1C21c2ccccc2-c2ccccc21.Fc1ccc2ccc3ccc(C(F)(F)F)nc3c2n1.Fc1ccc2ccc3ccc(Cl)nc3c2n1.Fc1cccc(-c2cccc(Cl)n2)n1.Fc1cccc(-c2cccc(F)n2)n1. The van der Waals surface area contributed by atoms with E-state index in [0.29, 0.717) is 87.5 Å². The van der Waals surface area contributed by atoms with Gasteiger partial charge in [0.15, 0.2) is 0 Å². The van der Waals surface area contributed by atoms with E-state index in [0.717, 1.165) is 105 Å². The second kappa shape index (κ2) is 41.6. The van der Waals surface area contributed by atoms with Gasteiger partial charge < -0.3 is 0 Å². The van der Waals surface area contributed by atoms with E-state index in [1.165, 1.54) is 66.7 Å². The molecule has 0 bridgehead atoms. The average Bonchev–Trinajstić information content (AvgIpc) is 1.51. The molecule has 2 aliphatic carbocycles. The first-order valence-corrected chi connectivity index (χ1v) is 43.7. The Morgan fingerprint density at radius 1 is 0.219 bits per heavy atom. The van der Waals surface area contributed by atoms with Gasteiger partial charge in [-0.3, -0.25) is 4.98 Å². The lowest BCUT2D eigenvalue weighted by atomic mass is 9.71. The van der Waals surface area contributed by atoms with Crippen molar-refractivity contribution < 1.29 is 57.1 Å². The maximum absolute atomic E-state index is 14.0. The van der Waals surface area contributed by atoms with E-state index in [2.05, 4.69) is 136 Å². The number of rotatable bonds is 4. The maximum atomic E-state index is 14.0. The van der Waals surface area contributed by atoms with Gasteiger partial charge in [-0.2, -0.15) is 57.1 Å². The molecule has 0 saturated heterocycles.